The Labute approximate surface area is 211 Å². The number of rotatable bonds is 17. The Hall–Kier alpha value is -2.14. The molecule has 1 unspecified atom stereocenters. The Morgan fingerprint density at radius 2 is 1.44 bits per heavy atom. The standard InChI is InChI=1S/C26H42N4O6/c1-2-3-4-5-6-7-8-9-10-11-12-13-14-15-17(32)23-28-24-19(26(35)30-23)27-25(29-24)22-21(34)20(33)18(16-31)36-22/h18,20-22,31,33-34H,2-16H2,1H3,(H2,27,28,29,30,35)/t18-,20-,21+,22?/m1/s1. The van der Waals surface area contributed by atoms with E-state index in [1.165, 1.54) is 64.2 Å². The van der Waals surface area contributed by atoms with E-state index in [0.29, 0.717) is 6.42 Å². The van der Waals surface area contributed by atoms with E-state index in [-0.39, 0.29) is 28.6 Å². The molecule has 5 N–H and O–H groups in total. The first-order chi connectivity index (χ1) is 17.5. The van der Waals surface area contributed by atoms with Crippen LogP contribution in [0.4, 0.5) is 0 Å². The van der Waals surface area contributed by atoms with Crippen LogP contribution in [0.2, 0.25) is 0 Å². The number of carbonyl (C=O) groups is 1. The van der Waals surface area contributed by atoms with Crippen LogP contribution in [-0.2, 0) is 4.74 Å². The van der Waals surface area contributed by atoms with Crippen molar-refractivity contribution in [3.05, 3.63) is 22.0 Å². The molecule has 3 rings (SSSR count). The van der Waals surface area contributed by atoms with Crippen LogP contribution >= 0.6 is 0 Å². The summed E-state index contributed by atoms with van der Waals surface area (Å²) in [5.41, 5.74) is -0.445. The lowest BCUT2D eigenvalue weighted by molar-refractivity contribution is -0.0249. The molecule has 4 atom stereocenters. The minimum atomic E-state index is -1.32. The number of carbonyl (C=O) groups excluding carboxylic acids is 1. The third-order valence-electron chi connectivity index (χ3n) is 6.96. The summed E-state index contributed by atoms with van der Waals surface area (Å²) < 4.78 is 5.45. The molecule has 0 saturated carbocycles. The molecule has 202 valence electrons. The SMILES string of the molecule is CCCCCCCCCCCCCCCC(=O)c1nc2nc(C3O[C@H](CO)[C@@H](O)[C@@H]3O)[nH]c2c(=O)[nH]1. The number of H-pyrrole nitrogens is 2. The first kappa shape index (κ1) is 28.4. The number of ketones is 1. The van der Waals surface area contributed by atoms with Crippen molar-refractivity contribution >= 4 is 16.9 Å². The molecular formula is C26H42N4O6. The Bertz CT molecular complexity index is 1010. The first-order valence-electron chi connectivity index (χ1n) is 13.6. The van der Waals surface area contributed by atoms with Gasteiger partial charge in [0.05, 0.1) is 6.61 Å². The second kappa shape index (κ2) is 14.6. The molecule has 0 amide bonds. The summed E-state index contributed by atoms with van der Waals surface area (Å²) in [7, 11) is 0. The highest BCUT2D eigenvalue weighted by atomic mass is 16.6. The summed E-state index contributed by atoms with van der Waals surface area (Å²) >= 11 is 0. The van der Waals surface area contributed by atoms with Crippen molar-refractivity contribution in [3.8, 4) is 0 Å². The molecule has 2 aromatic heterocycles. The third kappa shape index (κ3) is 7.68. The monoisotopic (exact) mass is 506 g/mol. The van der Waals surface area contributed by atoms with Crippen molar-refractivity contribution in [2.75, 3.05) is 6.61 Å². The number of aliphatic hydroxyl groups excluding tert-OH is 3. The number of fused-ring (bicyclic) bond motifs is 1. The van der Waals surface area contributed by atoms with Gasteiger partial charge in [0.2, 0.25) is 0 Å². The number of aromatic amines is 2. The van der Waals surface area contributed by atoms with Gasteiger partial charge in [0.15, 0.2) is 22.8 Å². The fraction of sp³-hybridized carbons (Fsp3) is 0.769. The molecule has 2 aromatic rings. The number of nitrogens with one attached hydrogen (secondary N) is 2. The van der Waals surface area contributed by atoms with Gasteiger partial charge in [-0.3, -0.25) is 9.59 Å². The van der Waals surface area contributed by atoms with Gasteiger partial charge in [0.1, 0.15) is 30.2 Å². The van der Waals surface area contributed by atoms with Crippen LogP contribution in [-0.4, -0.2) is 66.0 Å². The molecule has 0 spiro atoms. The fourth-order valence-electron chi connectivity index (χ4n) is 4.74. The van der Waals surface area contributed by atoms with Gasteiger partial charge in [-0.15, -0.1) is 0 Å². The summed E-state index contributed by atoms with van der Waals surface area (Å²) in [4.78, 5) is 38.7. The molecule has 36 heavy (non-hydrogen) atoms. The first-order valence-corrected chi connectivity index (χ1v) is 13.6. The van der Waals surface area contributed by atoms with E-state index >= 15 is 0 Å². The number of aromatic nitrogens is 4. The Balaban J connectivity index is 1.39. The minimum Gasteiger partial charge on any atom is -0.394 e. The zero-order valence-electron chi connectivity index (χ0n) is 21.4. The molecule has 1 saturated heterocycles. The minimum absolute atomic E-state index is 0.0364. The van der Waals surface area contributed by atoms with Gasteiger partial charge >= 0.3 is 0 Å². The number of nitrogens with zero attached hydrogens (tertiary/aromatic N) is 2. The molecule has 10 heteroatoms. The predicted octanol–water partition coefficient (Wildman–Crippen LogP) is 3.46. The quantitative estimate of drug-likeness (QED) is 0.161. The van der Waals surface area contributed by atoms with Gasteiger partial charge < -0.3 is 30.0 Å². The molecule has 0 aliphatic carbocycles. The largest absolute Gasteiger partial charge is 0.394 e. The fourth-order valence-corrected chi connectivity index (χ4v) is 4.74. The van der Waals surface area contributed by atoms with E-state index in [2.05, 4.69) is 26.9 Å². The van der Waals surface area contributed by atoms with Crippen molar-refractivity contribution in [1.29, 1.82) is 0 Å². The molecule has 10 nitrogen and oxygen atoms in total. The van der Waals surface area contributed by atoms with Crippen LogP contribution in [0.5, 0.6) is 0 Å². The van der Waals surface area contributed by atoms with Crippen molar-refractivity contribution < 1.29 is 24.9 Å². The van der Waals surface area contributed by atoms with Crippen molar-refractivity contribution in [1.82, 2.24) is 19.9 Å². The number of imidazole rings is 1. The van der Waals surface area contributed by atoms with Crippen LogP contribution in [0.25, 0.3) is 11.2 Å². The zero-order chi connectivity index (χ0) is 25.9. The van der Waals surface area contributed by atoms with Crippen LogP contribution in [0.15, 0.2) is 4.79 Å². The van der Waals surface area contributed by atoms with Crippen molar-refractivity contribution in [3.63, 3.8) is 0 Å². The number of hydrogen-bond donors (Lipinski definition) is 5. The lowest BCUT2D eigenvalue weighted by Gasteiger charge is -2.11. The van der Waals surface area contributed by atoms with Gasteiger partial charge in [0.25, 0.3) is 5.56 Å². The number of ether oxygens (including phenoxy) is 1. The number of Topliss-reactive ketones (excluding diaryl/α,β-unsaturated/α-hetero) is 1. The van der Waals surface area contributed by atoms with Gasteiger partial charge in [-0.1, -0.05) is 84.0 Å². The predicted molar refractivity (Wildman–Crippen MR) is 136 cm³/mol. The Morgan fingerprint density at radius 3 is 2.00 bits per heavy atom. The van der Waals surface area contributed by atoms with E-state index in [0.717, 1.165) is 19.3 Å². The van der Waals surface area contributed by atoms with Gasteiger partial charge in [-0.05, 0) is 6.42 Å². The van der Waals surface area contributed by atoms with Crippen LogP contribution < -0.4 is 5.56 Å². The summed E-state index contributed by atoms with van der Waals surface area (Å²) in [5.74, 6) is -0.174. The smallest absolute Gasteiger partial charge is 0.277 e. The van der Waals surface area contributed by atoms with Crippen LogP contribution in [0.1, 0.15) is 119 Å². The molecule has 0 radical (unpaired) electrons. The summed E-state index contributed by atoms with van der Waals surface area (Å²) in [5, 5.41) is 29.4. The van der Waals surface area contributed by atoms with E-state index in [9.17, 15) is 24.9 Å². The van der Waals surface area contributed by atoms with Gasteiger partial charge in [-0.2, -0.15) is 0 Å². The second-order valence-corrected chi connectivity index (χ2v) is 9.91. The number of unbranched alkanes of at least 4 members (excludes halogenated alkanes) is 12. The summed E-state index contributed by atoms with van der Waals surface area (Å²) in [6.07, 6.45) is 11.6. The summed E-state index contributed by atoms with van der Waals surface area (Å²) in [6.45, 7) is 1.78. The maximum absolute atomic E-state index is 12.6. The van der Waals surface area contributed by atoms with Crippen molar-refractivity contribution in [2.24, 2.45) is 0 Å². The second-order valence-electron chi connectivity index (χ2n) is 9.91. The van der Waals surface area contributed by atoms with E-state index < -0.39 is 36.6 Å². The average Bonchev–Trinajstić information content (AvgIpc) is 3.43. The lowest BCUT2D eigenvalue weighted by atomic mass is 10.0. The third-order valence-corrected chi connectivity index (χ3v) is 6.96. The summed E-state index contributed by atoms with van der Waals surface area (Å²) in [6, 6.07) is 0. The Kier molecular flexibility index (Phi) is 11.5. The molecule has 0 aromatic carbocycles. The molecular weight excluding hydrogens is 464 g/mol. The number of hydrogen-bond acceptors (Lipinski definition) is 8. The molecule has 1 aliphatic heterocycles. The topological polar surface area (TPSA) is 161 Å². The maximum atomic E-state index is 12.6. The normalized spacial score (nSPS) is 22.0. The van der Waals surface area contributed by atoms with E-state index in [1.807, 2.05) is 0 Å². The highest BCUT2D eigenvalue weighted by Gasteiger charge is 2.44. The van der Waals surface area contributed by atoms with Gasteiger partial charge in [0, 0.05) is 6.42 Å². The van der Waals surface area contributed by atoms with E-state index in [1.54, 1.807) is 0 Å². The molecule has 1 aliphatic rings. The van der Waals surface area contributed by atoms with Crippen LogP contribution in [0.3, 0.4) is 0 Å². The molecule has 0 bridgehead atoms. The highest BCUT2D eigenvalue weighted by molar-refractivity contribution is 5.93. The zero-order valence-corrected chi connectivity index (χ0v) is 21.4. The highest BCUT2D eigenvalue weighted by Crippen LogP contribution is 2.32. The van der Waals surface area contributed by atoms with Gasteiger partial charge in [-0.25, -0.2) is 9.97 Å². The molecule has 1 fully saturated rings. The Morgan fingerprint density at radius 1 is 0.861 bits per heavy atom. The van der Waals surface area contributed by atoms with Crippen LogP contribution in [0, 0.1) is 0 Å². The van der Waals surface area contributed by atoms with E-state index in [4.69, 9.17) is 4.74 Å². The number of aliphatic hydroxyl groups is 3. The van der Waals surface area contributed by atoms with Crippen molar-refractivity contribution in [2.45, 2.75) is 121 Å². The average molecular weight is 507 g/mol. The molecule has 3 heterocycles. The lowest BCUT2D eigenvalue weighted by Crippen LogP contribution is -2.32. The maximum Gasteiger partial charge on any atom is 0.277 e.